The third-order valence-corrected chi connectivity index (χ3v) is 5.86. The highest BCUT2D eigenvalue weighted by molar-refractivity contribution is 7.09. The lowest BCUT2D eigenvalue weighted by molar-refractivity contribution is 0.0647. The molecule has 0 spiro atoms. The summed E-state index contributed by atoms with van der Waals surface area (Å²) in [7, 11) is 2.11. The number of rotatable bonds is 7. The quantitative estimate of drug-likeness (QED) is 0.837. The van der Waals surface area contributed by atoms with Gasteiger partial charge in [0.15, 0.2) is 0 Å². The first kappa shape index (κ1) is 15.9. The van der Waals surface area contributed by atoms with Gasteiger partial charge in [-0.25, -0.2) is 4.98 Å². The highest BCUT2D eigenvalue weighted by Gasteiger charge is 2.41. The highest BCUT2D eigenvalue weighted by atomic mass is 32.1. The Hall–Kier alpha value is -0.450. The number of hydrogen-bond acceptors (Lipinski definition) is 4. The van der Waals surface area contributed by atoms with E-state index in [4.69, 9.17) is 0 Å². The fourth-order valence-electron chi connectivity index (χ4n) is 3.84. The molecule has 4 heteroatoms. The second-order valence-corrected chi connectivity index (χ2v) is 6.97. The average molecular weight is 295 g/mol. The Morgan fingerprint density at radius 1 is 1.35 bits per heavy atom. The predicted molar refractivity (Wildman–Crippen MR) is 87.5 cm³/mol. The molecule has 0 aromatic carbocycles. The van der Waals surface area contributed by atoms with E-state index in [-0.39, 0.29) is 5.54 Å². The molecule has 1 aromatic heterocycles. The molecule has 1 fully saturated rings. The fourth-order valence-corrected chi connectivity index (χ4v) is 4.47. The largest absolute Gasteiger partial charge is 0.315 e. The second kappa shape index (κ2) is 7.01. The van der Waals surface area contributed by atoms with Gasteiger partial charge in [0.25, 0.3) is 0 Å². The van der Waals surface area contributed by atoms with Crippen molar-refractivity contribution in [3.63, 3.8) is 0 Å². The van der Waals surface area contributed by atoms with Crippen LogP contribution in [0.3, 0.4) is 0 Å². The van der Waals surface area contributed by atoms with Crippen molar-refractivity contribution in [1.29, 1.82) is 0 Å². The molecule has 0 radical (unpaired) electrons. The zero-order valence-electron chi connectivity index (χ0n) is 13.4. The van der Waals surface area contributed by atoms with Crippen LogP contribution in [-0.4, -0.2) is 41.6 Å². The van der Waals surface area contributed by atoms with Gasteiger partial charge in [0.2, 0.25) is 0 Å². The van der Waals surface area contributed by atoms with E-state index >= 15 is 0 Å². The highest BCUT2D eigenvalue weighted by Crippen LogP contribution is 2.33. The first-order chi connectivity index (χ1) is 9.66. The molecule has 20 heavy (non-hydrogen) atoms. The number of likely N-dealkylation sites (tertiary alicyclic amines) is 1. The zero-order valence-corrected chi connectivity index (χ0v) is 14.2. The van der Waals surface area contributed by atoms with Crippen LogP contribution >= 0.6 is 11.3 Å². The first-order valence-electron chi connectivity index (χ1n) is 7.99. The van der Waals surface area contributed by atoms with Crippen LogP contribution in [0, 0.1) is 6.92 Å². The summed E-state index contributed by atoms with van der Waals surface area (Å²) in [6, 6.07) is 0.483. The van der Waals surface area contributed by atoms with Gasteiger partial charge in [0.1, 0.15) is 0 Å². The lowest BCUT2D eigenvalue weighted by Crippen LogP contribution is -2.60. The molecular formula is C16H29N3S. The number of aromatic nitrogens is 1. The average Bonchev–Trinajstić information content (AvgIpc) is 3.11. The minimum atomic E-state index is 0.281. The number of aryl methyl sites for hydroxylation is 1. The maximum atomic E-state index is 4.67. The SMILES string of the molecule is CCC(CC)(C(Cc1csc(C)n1)NC)N1CCCC1. The Labute approximate surface area is 127 Å². The molecule has 0 amide bonds. The molecule has 1 aromatic rings. The van der Waals surface area contributed by atoms with E-state index in [1.807, 2.05) is 0 Å². The Kier molecular flexibility index (Phi) is 5.58. The van der Waals surface area contributed by atoms with E-state index in [9.17, 15) is 0 Å². The summed E-state index contributed by atoms with van der Waals surface area (Å²) in [6.07, 6.45) is 6.16. The van der Waals surface area contributed by atoms with Gasteiger partial charge < -0.3 is 5.32 Å². The van der Waals surface area contributed by atoms with Gasteiger partial charge >= 0.3 is 0 Å². The van der Waals surface area contributed by atoms with Crippen LogP contribution in [0.1, 0.15) is 50.2 Å². The van der Waals surface area contributed by atoms with Gasteiger partial charge in [0.05, 0.1) is 10.7 Å². The summed E-state index contributed by atoms with van der Waals surface area (Å²) >= 11 is 1.76. The third-order valence-electron chi connectivity index (χ3n) is 5.04. The molecule has 3 nitrogen and oxygen atoms in total. The molecule has 1 unspecified atom stereocenters. The number of nitrogens with one attached hydrogen (secondary N) is 1. The summed E-state index contributed by atoms with van der Waals surface area (Å²) < 4.78 is 0. The predicted octanol–water partition coefficient (Wildman–Crippen LogP) is 3.24. The Bertz CT molecular complexity index is 406. The normalized spacial score (nSPS) is 18.6. The number of likely N-dealkylation sites (N-methyl/N-ethyl adjacent to an activating group) is 1. The van der Waals surface area contributed by atoms with Crippen molar-refractivity contribution in [2.24, 2.45) is 0 Å². The first-order valence-corrected chi connectivity index (χ1v) is 8.87. The van der Waals surface area contributed by atoms with E-state index in [1.165, 1.54) is 49.5 Å². The van der Waals surface area contributed by atoms with Crippen LogP contribution in [0.15, 0.2) is 5.38 Å². The van der Waals surface area contributed by atoms with Crippen molar-refractivity contribution in [2.75, 3.05) is 20.1 Å². The minimum Gasteiger partial charge on any atom is -0.315 e. The number of thiazole rings is 1. The maximum Gasteiger partial charge on any atom is 0.0897 e. The summed E-state index contributed by atoms with van der Waals surface area (Å²) in [5.41, 5.74) is 1.53. The van der Waals surface area contributed by atoms with Crippen molar-refractivity contribution in [2.45, 2.75) is 64.5 Å². The summed E-state index contributed by atoms with van der Waals surface area (Å²) in [5, 5.41) is 7.00. The zero-order chi connectivity index (χ0) is 14.6. The standard InChI is InChI=1S/C16H29N3S/c1-5-16(6-2,19-9-7-8-10-19)15(17-4)11-14-12-20-13(3)18-14/h12,15,17H,5-11H2,1-4H3. The maximum absolute atomic E-state index is 4.67. The molecule has 0 bridgehead atoms. The van der Waals surface area contributed by atoms with E-state index in [0.717, 1.165) is 6.42 Å². The van der Waals surface area contributed by atoms with Gasteiger partial charge in [-0.2, -0.15) is 0 Å². The second-order valence-electron chi connectivity index (χ2n) is 5.91. The van der Waals surface area contributed by atoms with Gasteiger partial charge in [-0.05, 0) is 52.7 Å². The molecule has 2 rings (SSSR count). The van der Waals surface area contributed by atoms with Crippen LogP contribution in [0.4, 0.5) is 0 Å². The molecule has 1 N–H and O–H groups in total. The monoisotopic (exact) mass is 295 g/mol. The van der Waals surface area contributed by atoms with Crippen LogP contribution in [0.25, 0.3) is 0 Å². The van der Waals surface area contributed by atoms with Crippen molar-refractivity contribution in [1.82, 2.24) is 15.2 Å². The molecule has 1 atom stereocenters. The topological polar surface area (TPSA) is 28.2 Å². The van der Waals surface area contributed by atoms with Gasteiger partial charge in [-0.3, -0.25) is 4.90 Å². The Morgan fingerprint density at radius 3 is 2.45 bits per heavy atom. The van der Waals surface area contributed by atoms with E-state index in [0.29, 0.717) is 6.04 Å². The van der Waals surface area contributed by atoms with E-state index in [2.05, 4.69) is 48.4 Å². The molecular weight excluding hydrogens is 266 g/mol. The third kappa shape index (κ3) is 3.07. The van der Waals surface area contributed by atoms with Crippen molar-refractivity contribution in [3.05, 3.63) is 16.1 Å². The molecule has 0 saturated carbocycles. The van der Waals surface area contributed by atoms with Crippen LogP contribution in [0.5, 0.6) is 0 Å². The Morgan fingerprint density at radius 2 is 2.00 bits per heavy atom. The molecule has 1 aliphatic heterocycles. The molecule has 2 heterocycles. The van der Waals surface area contributed by atoms with Crippen molar-refractivity contribution < 1.29 is 0 Å². The van der Waals surface area contributed by atoms with Crippen LogP contribution in [-0.2, 0) is 6.42 Å². The lowest BCUT2D eigenvalue weighted by Gasteiger charge is -2.47. The van der Waals surface area contributed by atoms with E-state index < -0.39 is 0 Å². The lowest BCUT2D eigenvalue weighted by atomic mass is 9.80. The molecule has 114 valence electrons. The minimum absolute atomic E-state index is 0.281. The van der Waals surface area contributed by atoms with E-state index in [1.54, 1.807) is 11.3 Å². The van der Waals surface area contributed by atoms with Crippen molar-refractivity contribution in [3.8, 4) is 0 Å². The van der Waals surface area contributed by atoms with Crippen molar-refractivity contribution >= 4 is 11.3 Å². The summed E-state index contributed by atoms with van der Waals surface area (Å²) in [6.45, 7) is 9.30. The summed E-state index contributed by atoms with van der Waals surface area (Å²) in [4.78, 5) is 7.40. The Balaban J connectivity index is 2.19. The molecule has 1 saturated heterocycles. The van der Waals surface area contributed by atoms with Gasteiger partial charge in [-0.1, -0.05) is 13.8 Å². The van der Waals surface area contributed by atoms with Crippen LogP contribution < -0.4 is 5.32 Å². The fraction of sp³-hybridized carbons (Fsp3) is 0.812. The number of nitrogens with zero attached hydrogens (tertiary/aromatic N) is 2. The smallest absolute Gasteiger partial charge is 0.0897 e. The summed E-state index contributed by atoms with van der Waals surface area (Å²) in [5.74, 6) is 0. The van der Waals surface area contributed by atoms with Crippen LogP contribution in [0.2, 0.25) is 0 Å². The van der Waals surface area contributed by atoms with Gasteiger partial charge in [0, 0.05) is 23.4 Å². The number of hydrogen-bond donors (Lipinski definition) is 1. The molecule has 1 aliphatic rings. The molecule has 0 aliphatic carbocycles. The van der Waals surface area contributed by atoms with Gasteiger partial charge in [-0.15, -0.1) is 11.3 Å².